The van der Waals surface area contributed by atoms with Crippen molar-refractivity contribution in [2.75, 3.05) is 11.9 Å². The number of nitrogens with zero attached hydrogens (tertiary/aromatic N) is 1. The van der Waals surface area contributed by atoms with E-state index in [1.54, 1.807) is 6.92 Å². The normalized spacial score (nSPS) is 13.4. The van der Waals surface area contributed by atoms with Crippen LogP contribution in [0.4, 0.5) is 5.69 Å². The number of hydrogen-bond donors (Lipinski definition) is 1. The molecule has 24 heavy (non-hydrogen) atoms. The van der Waals surface area contributed by atoms with E-state index in [4.69, 9.17) is 0 Å². The molecule has 0 aliphatic carbocycles. The van der Waals surface area contributed by atoms with Crippen molar-refractivity contribution in [1.82, 2.24) is 0 Å². The highest BCUT2D eigenvalue weighted by Gasteiger charge is 2.25. The predicted molar refractivity (Wildman–Crippen MR) is 101 cm³/mol. The predicted octanol–water partition coefficient (Wildman–Crippen LogP) is 4.82. The van der Waals surface area contributed by atoms with Crippen LogP contribution in [-0.4, -0.2) is 24.2 Å². The lowest BCUT2D eigenvalue weighted by Gasteiger charge is -2.32. The summed E-state index contributed by atoms with van der Waals surface area (Å²) in [6.45, 7) is 10.1. The molecular weight excluding hydrogens is 298 g/mol. The number of anilines is 1. The molecule has 0 aliphatic rings. The average molecular weight is 325 g/mol. The molecule has 3 heteroatoms. The van der Waals surface area contributed by atoms with Crippen molar-refractivity contribution >= 4 is 11.7 Å². The maximum absolute atomic E-state index is 11.4. The summed E-state index contributed by atoms with van der Waals surface area (Å²) >= 11 is 0. The Morgan fingerprint density at radius 3 is 2.33 bits per heavy atom. The van der Waals surface area contributed by atoms with Crippen LogP contribution in [0.2, 0.25) is 0 Å². The van der Waals surface area contributed by atoms with E-state index in [-0.39, 0.29) is 6.04 Å². The van der Waals surface area contributed by atoms with Crippen LogP contribution in [-0.2, 0) is 4.79 Å². The third kappa shape index (κ3) is 3.45. The van der Waals surface area contributed by atoms with Gasteiger partial charge in [0.2, 0.25) is 0 Å². The van der Waals surface area contributed by atoms with Gasteiger partial charge in [-0.05, 0) is 57.4 Å². The SMILES string of the molecule is Cc1ccc(C)c(-c2c(C)cccc2N(C)C(C)C(C)C(=O)O)c1. The van der Waals surface area contributed by atoms with E-state index in [1.807, 2.05) is 20.0 Å². The first-order chi connectivity index (χ1) is 11.2. The van der Waals surface area contributed by atoms with Crippen molar-refractivity contribution in [2.45, 2.75) is 40.7 Å². The first-order valence-electron chi connectivity index (χ1n) is 8.37. The van der Waals surface area contributed by atoms with E-state index in [0.29, 0.717) is 0 Å². The number of aryl methyl sites for hydroxylation is 3. The highest BCUT2D eigenvalue weighted by Crippen LogP contribution is 2.37. The maximum atomic E-state index is 11.4. The van der Waals surface area contributed by atoms with E-state index in [2.05, 4.69) is 56.0 Å². The van der Waals surface area contributed by atoms with Crippen LogP contribution in [0.25, 0.3) is 11.1 Å². The van der Waals surface area contributed by atoms with E-state index >= 15 is 0 Å². The zero-order valence-corrected chi connectivity index (χ0v) is 15.4. The van der Waals surface area contributed by atoms with Gasteiger partial charge in [0.1, 0.15) is 0 Å². The summed E-state index contributed by atoms with van der Waals surface area (Å²) in [5.74, 6) is -1.21. The summed E-state index contributed by atoms with van der Waals surface area (Å²) < 4.78 is 0. The molecule has 2 unspecified atom stereocenters. The van der Waals surface area contributed by atoms with Gasteiger partial charge >= 0.3 is 5.97 Å². The number of rotatable bonds is 5. The fourth-order valence-corrected chi connectivity index (χ4v) is 3.06. The molecule has 128 valence electrons. The molecule has 2 aromatic carbocycles. The fraction of sp³-hybridized carbons (Fsp3) is 0.381. The Labute approximate surface area is 144 Å². The second kappa shape index (κ2) is 7.08. The van der Waals surface area contributed by atoms with Crippen molar-refractivity contribution in [3.05, 3.63) is 53.1 Å². The van der Waals surface area contributed by atoms with Crippen LogP contribution in [0, 0.1) is 26.7 Å². The van der Waals surface area contributed by atoms with E-state index < -0.39 is 11.9 Å². The number of carboxylic acid groups (broad SMARTS) is 1. The van der Waals surface area contributed by atoms with Crippen molar-refractivity contribution in [3.63, 3.8) is 0 Å². The molecule has 0 spiro atoms. The fourth-order valence-electron chi connectivity index (χ4n) is 3.06. The van der Waals surface area contributed by atoms with Crippen molar-refractivity contribution in [2.24, 2.45) is 5.92 Å². The molecule has 0 saturated heterocycles. The molecule has 3 nitrogen and oxygen atoms in total. The highest BCUT2D eigenvalue weighted by molar-refractivity contribution is 5.84. The van der Waals surface area contributed by atoms with Gasteiger partial charge < -0.3 is 10.0 Å². The van der Waals surface area contributed by atoms with Gasteiger partial charge in [-0.1, -0.05) is 35.9 Å². The smallest absolute Gasteiger partial charge is 0.308 e. The van der Waals surface area contributed by atoms with Gasteiger partial charge in [-0.3, -0.25) is 4.79 Å². The van der Waals surface area contributed by atoms with Crippen LogP contribution < -0.4 is 4.90 Å². The number of benzene rings is 2. The van der Waals surface area contributed by atoms with Gasteiger partial charge in [0.05, 0.1) is 5.92 Å². The standard InChI is InChI=1S/C21H27NO2/c1-13-10-11-14(2)18(12-13)20-15(3)8-7-9-19(20)22(6)17(5)16(4)21(23)24/h7-12,16-17H,1-6H3,(H,23,24). The molecule has 0 aliphatic heterocycles. The molecule has 0 aromatic heterocycles. The largest absolute Gasteiger partial charge is 0.481 e. The second-order valence-corrected chi connectivity index (χ2v) is 6.77. The first kappa shape index (κ1) is 18.1. The molecule has 0 bridgehead atoms. The summed E-state index contributed by atoms with van der Waals surface area (Å²) in [4.78, 5) is 13.5. The summed E-state index contributed by atoms with van der Waals surface area (Å²) in [7, 11) is 1.98. The van der Waals surface area contributed by atoms with Gasteiger partial charge in [0.25, 0.3) is 0 Å². The Morgan fingerprint density at radius 1 is 1.04 bits per heavy atom. The summed E-state index contributed by atoms with van der Waals surface area (Å²) in [5.41, 5.74) is 7.12. The van der Waals surface area contributed by atoms with Gasteiger partial charge in [-0.2, -0.15) is 0 Å². The van der Waals surface area contributed by atoms with E-state index in [0.717, 1.165) is 5.69 Å². The topological polar surface area (TPSA) is 40.5 Å². The summed E-state index contributed by atoms with van der Waals surface area (Å²) in [6, 6.07) is 12.6. The number of carbonyl (C=O) groups is 1. The Hall–Kier alpha value is -2.29. The van der Waals surface area contributed by atoms with Crippen LogP contribution in [0.15, 0.2) is 36.4 Å². The van der Waals surface area contributed by atoms with Gasteiger partial charge in [-0.25, -0.2) is 0 Å². The summed E-state index contributed by atoms with van der Waals surface area (Å²) in [5, 5.41) is 9.34. The van der Waals surface area contributed by atoms with Crippen LogP contribution in [0.5, 0.6) is 0 Å². The molecule has 2 atom stereocenters. The first-order valence-corrected chi connectivity index (χ1v) is 8.37. The van der Waals surface area contributed by atoms with E-state index in [1.165, 1.54) is 27.8 Å². The minimum Gasteiger partial charge on any atom is -0.481 e. The molecule has 0 radical (unpaired) electrons. The highest BCUT2D eigenvalue weighted by atomic mass is 16.4. The van der Waals surface area contributed by atoms with Crippen molar-refractivity contribution < 1.29 is 9.90 Å². The van der Waals surface area contributed by atoms with Crippen molar-refractivity contribution in [3.8, 4) is 11.1 Å². The van der Waals surface area contributed by atoms with Gasteiger partial charge in [0.15, 0.2) is 0 Å². The Bertz CT molecular complexity index is 751. The molecule has 1 N–H and O–H groups in total. The van der Waals surface area contributed by atoms with Crippen LogP contribution >= 0.6 is 0 Å². The van der Waals surface area contributed by atoms with Crippen LogP contribution in [0.1, 0.15) is 30.5 Å². The molecule has 0 saturated carbocycles. The number of hydrogen-bond acceptors (Lipinski definition) is 2. The zero-order valence-electron chi connectivity index (χ0n) is 15.4. The quantitative estimate of drug-likeness (QED) is 0.856. The van der Waals surface area contributed by atoms with Gasteiger partial charge in [-0.15, -0.1) is 0 Å². The lowest BCUT2D eigenvalue weighted by molar-refractivity contribution is -0.141. The molecule has 0 amide bonds. The van der Waals surface area contributed by atoms with Gasteiger partial charge in [0, 0.05) is 24.3 Å². The molecular formula is C21H27NO2. The third-order valence-corrected chi connectivity index (χ3v) is 5.02. The van der Waals surface area contributed by atoms with Crippen molar-refractivity contribution in [1.29, 1.82) is 0 Å². The Kier molecular flexibility index (Phi) is 5.33. The maximum Gasteiger partial charge on any atom is 0.308 e. The van der Waals surface area contributed by atoms with Crippen LogP contribution in [0.3, 0.4) is 0 Å². The number of carboxylic acids is 1. The monoisotopic (exact) mass is 325 g/mol. The lowest BCUT2D eigenvalue weighted by Crippen LogP contribution is -2.38. The zero-order chi connectivity index (χ0) is 18.0. The number of aliphatic carboxylic acids is 1. The molecule has 0 heterocycles. The average Bonchev–Trinajstić information content (AvgIpc) is 2.55. The third-order valence-electron chi connectivity index (χ3n) is 5.02. The molecule has 2 aromatic rings. The lowest BCUT2D eigenvalue weighted by atomic mass is 9.92. The Balaban J connectivity index is 2.59. The summed E-state index contributed by atoms with van der Waals surface area (Å²) in [6.07, 6.45) is 0. The molecule has 2 rings (SSSR count). The second-order valence-electron chi connectivity index (χ2n) is 6.77. The minimum absolute atomic E-state index is 0.104. The van der Waals surface area contributed by atoms with E-state index in [9.17, 15) is 9.90 Å². The minimum atomic E-state index is -0.768. The molecule has 0 fully saturated rings. The Morgan fingerprint density at radius 2 is 1.71 bits per heavy atom.